The molecule has 4 rings (SSSR count). The second-order valence-corrected chi connectivity index (χ2v) is 6.48. The number of carbonyl (C=O) groups excluding carboxylic acids is 1. The van der Waals surface area contributed by atoms with Crippen LogP contribution >= 0.6 is 11.6 Å². The number of fused-ring (bicyclic) bond motifs is 1. The van der Waals surface area contributed by atoms with Gasteiger partial charge in [0.2, 0.25) is 6.79 Å². The standard InChI is InChI=1S/C16H18ClNO3/c17-13-7-10(8-14-15(13)21-9-20-14)16(19)18(12-5-6-12)11-3-1-2-4-11/h7-8,11-12H,1-6,9H2. The third-order valence-corrected chi connectivity index (χ3v) is 4.85. The molecule has 5 heteroatoms. The fourth-order valence-corrected chi connectivity index (χ4v) is 3.67. The Bertz CT molecular complexity index is 579. The average Bonchev–Trinajstić information content (AvgIpc) is 2.98. The molecule has 1 aromatic carbocycles. The van der Waals surface area contributed by atoms with Gasteiger partial charge >= 0.3 is 0 Å². The maximum atomic E-state index is 12.9. The van der Waals surface area contributed by atoms with E-state index in [2.05, 4.69) is 4.90 Å². The van der Waals surface area contributed by atoms with Gasteiger partial charge in [0, 0.05) is 17.6 Å². The molecule has 0 radical (unpaired) electrons. The fraction of sp³-hybridized carbons (Fsp3) is 0.562. The van der Waals surface area contributed by atoms with E-state index in [0.717, 1.165) is 25.7 Å². The van der Waals surface area contributed by atoms with Gasteiger partial charge in [-0.1, -0.05) is 24.4 Å². The first kappa shape index (κ1) is 13.3. The highest BCUT2D eigenvalue weighted by Crippen LogP contribution is 2.41. The SMILES string of the molecule is O=C(c1cc(Cl)c2c(c1)OCO2)N(C1CCCC1)C1CC1. The number of rotatable bonds is 3. The van der Waals surface area contributed by atoms with Crippen LogP contribution in [0.5, 0.6) is 11.5 Å². The maximum absolute atomic E-state index is 12.9. The maximum Gasteiger partial charge on any atom is 0.254 e. The molecule has 2 fully saturated rings. The first-order valence-corrected chi connectivity index (χ1v) is 8.03. The lowest BCUT2D eigenvalue weighted by Gasteiger charge is -2.29. The van der Waals surface area contributed by atoms with Crippen LogP contribution in [0.25, 0.3) is 0 Å². The Morgan fingerprint density at radius 3 is 2.52 bits per heavy atom. The summed E-state index contributed by atoms with van der Waals surface area (Å²) in [5.74, 6) is 1.21. The lowest BCUT2D eigenvalue weighted by Crippen LogP contribution is -2.40. The number of halogens is 1. The third kappa shape index (κ3) is 2.35. The van der Waals surface area contributed by atoms with Gasteiger partial charge in [-0.3, -0.25) is 4.79 Å². The number of ether oxygens (including phenoxy) is 2. The van der Waals surface area contributed by atoms with Crippen molar-refractivity contribution in [2.45, 2.75) is 50.6 Å². The number of nitrogens with zero attached hydrogens (tertiary/aromatic N) is 1. The van der Waals surface area contributed by atoms with E-state index in [-0.39, 0.29) is 12.7 Å². The number of benzene rings is 1. The Kier molecular flexibility index (Phi) is 3.21. The van der Waals surface area contributed by atoms with Crippen molar-refractivity contribution in [3.05, 3.63) is 22.7 Å². The molecular formula is C16H18ClNO3. The van der Waals surface area contributed by atoms with Crippen LogP contribution in [0.4, 0.5) is 0 Å². The van der Waals surface area contributed by atoms with Crippen LogP contribution in [0, 0.1) is 0 Å². The van der Waals surface area contributed by atoms with Crippen molar-refractivity contribution in [1.82, 2.24) is 4.90 Å². The first-order chi connectivity index (χ1) is 10.2. The summed E-state index contributed by atoms with van der Waals surface area (Å²) in [6.07, 6.45) is 6.95. The predicted molar refractivity (Wildman–Crippen MR) is 79.0 cm³/mol. The summed E-state index contributed by atoms with van der Waals surface area (Å²) in [4.78, 5) is 15.0. The minimum Gasteiger partial charge on any atom is -0.454 e. The quantitative estimate of drug-likeness (QED) is 0.856. The predicted octanol–water partition coefficient (Wildman–Crippen LogP) is 3.62. The van der Waals surface area contributed by atoms with Crippen molar-refractivity contribution in [3.8, 4) is 11.5 Å². The smallest absolute Gasteiger partial charge is 0.254 e. The zero-order chi connectivity index (χ0) is 14.4. The summed E-state index contributed by atoms with van der Waals surface area (Å²) in [5.41, 5.74) is 0.614. The molecule has 1 aromatic rings. The molecule has 0 spiro atoms. The zero-order valence-electron chi connectivity index (χ0n) is 11.8. The van der Waals surface area contributed by atoms with Crippen molar-refractivity contribution in [2.24, 2.45) is 0 Å². The van der Waals surface area contributed by atoms with Gasteiger partial charge in [0.05, 0.1) is 5.02 Å². The summed E-state index contributed by atoms with van der Waals surface area (Å²) in [7, 11) is 0. The van der Waals surface area contributed by atoms with Gasteiger partial charge < -0.3 is 14.4 Å². The van der Waals surface area contributed by atoms with Crippen molar-refractivity contribution < 1.29 is 14.3 Å². The van der Waals surface area contributed by atoms with Gasteiger partial charge in [-0.05, 0) is 37.8 Å². The second-order valence-electron chi connectivity index (χ2n) is 6.07. The van der Waals surface area contributed by atoms with E-state index in [9.17, 15) is 4.79 Å². The Hall–Kier alpha value is -1.42. The number of amides is 1. The van der Waals surface area contributed by atoms with Crippen molar-refractivity contribution >= 4 is 17.5 Å². The van der Waals surface area contributed by atoms with E-state index in [1.165, 1.54) is 12.8 Å². The van der Waals surface area contributed by atoms with Crippen LogP contribution in [0.1, 0.15) is 48.9 Å². The zero-order valence-corrected chi connectivity index (χ0v) is 12.6. The lowest BCUT2D eigenvalue weighted by molar-refractivity contribution is 0.0664. The van der Waals surface area contributed by atoms with Gasteiger partial charge in [-0.2, -0.15) is 0 Å². The molecule has 2 aliphatic carbocycles. The summed E-state index contributed by atoms with van der Waals surface area (Å²) >= 11 is 6.20. The summed E-state index contributed by atoms with van der Waals surface area (Å²) < 4.78 is 10.7. The molecule has 3 aliphatic rings. The number of hydrogen-bond donors (Lipinski definition) is 0. The van der Waals surface area contributed by atoms with Crippen LogP contribution in [-0.4, -0.2) is 29.7 Å². The monoisotopic (exact) mass is 307 g/mol. The Labute approximate surface area is 129 Å². The topological polar surface area (TPSA) is 38.8 Å². The molecule has 0 bridgehead atoms. The summed E-state index contributed by atoms with van der Waals surface area (Å²) in [6, 6.07) is 4.29. The van der Waals surface area contributed by atoms with Gasteiger partial charge in [0.1, 0.15) is 0 Å². The highest BCUT2D eigenvalue weighted by Gasteiger charge is 2.39. The molecule has 0 aromatic heterocycles. The molecule has 0 atom stereocenters. The van der Waals surface area contributed by atoms with E-state index in [0.29, 0.717) is 34.2 Å². The first-order valence-electron chi connectivity index (χ1n) is 7.66. The van der Waals surface area contributed by atoms with Crippen molar-refractivity contribution in [1.29, 1.82) is 0 Å². The minimum atomic E-state index is 0.0876. The molecule has 0 unspecified atom stereocenters. The summed E-state index contributed by atoms with van der Waals surface area (Å²) in [6.45, 7) is 0.168. The molecule has 112 valence electrons. The van der Waals surface area contributed by atoms with Gasteiger partial charge in [0.15, 0.2) is 11.5 Å². The lowest BCUT2D eigenvalue weighted by atomic mass is 10.1. The highest BCUT2D eigenvalue weighted by molar-refractivity contribution is 6.32. The van der Waals surface area contributed by atoms with Crippen molar-refractivity contribution in [2.75, 3.05) is 6.79 Å². The van der Waals surface area contributed by atoms with Crippen molar-refractivity contribution in [3.63, 3.8) is 0 Å². The Morgan fingerprint density at radius 2 is 1.81 bits per heavy atom. The van der Waals surface area contributed by atoms with Gasteiger partial charge in [-0.15, -0.1) is 0 Å². The number of carbonyl (C=O) groups is 1. The van der Waals surface area contributed by atoms with E-state index >= 15 is 0 Å². The minimum absolute atomic E-state index is 0.0876. The highest BCUT2D eigenvalue weighted by atomic mass is 35.5. The van der Waals surface area contributed by atoms with Gasteiger partial charge in [0.25, 0.3) is 5.91 Å². The van der Waals surface area contributed by atoms with Gasteiger partial charge in [-0.25, -0.2) is 0 Å². The van der Waals surface area contributed by atoms with E-state index in [1.807, 2.05) is 0 Å². The molecule has 2 saturated carbocycles. The van der Waals surface area contributed by atoms with E-state index < -0.39 is 0 Å². The van der Waals surface area contributed by atoms with Crippen LogP contribution < -0.4 is 9.47 Å². The molecule has 0 N–H and O–H groups in total. The molecule has 4 nitrogen and oxygen atoms in total. The van der Waals surface area contributed by atoms with Crippen LogP contribution in [0.3, 0.4) is 0 Å². The molecule has 0 saturated heterocycles. The molecule has 21 heavy (non-hydrogen) atoms. The molecule has 1 aliphatic heterocycles. The third-order valence-electron chi connectivity index (χ3n) is 4.57. The average molecular weight is 308 g/mol. The molecule has 1 heterocycles. The Morgan fingerprint density at radius 1 is 1.10 bits per heavy atom. The van der Waals surface area contributed by atoms with Crippen LogP contribution in [-0.2, 0) is 0 Å². The van der Waals surface area contributed by atoms with Crippen LogP contribution in [0.15, 0.2) is 12.1 Å². The number of hydrogen-bond acceptors (Lipinski definition) is 3. The fourth-order valence-electron chi connectivity index (χ4n) is 3.40. The Balaban J connectivity index is 1.65. The van der Waals surface area contributed by atoms with E-state index in [4.69, 9.17) is 21.1 Å². The van der Waals surface area contributed by atoms with E-state index in [1.54, 1.807) is 12.1 Å². The normalized spacial score (nSPS) is 20.8. The molecule has 1 amide bonds. The largest absolute Gasteiger partial charge is 0.454 e. The summed E-state index contributed by atoms with van der Waals surface area (Å²) in [5, 5.41) is 0.454. The second kappa shape index (κ2) is 5.09. The molecular weight excluding hydrogens is 290 g/mol. The van der Waals surface area contributed by atoms with Crippen LogP contribution in [0.2, 0.25) is 5.02 Å².